The van der Waals surface area contributed by atoms with Gasteiger partial charge in [-0.05, 0) is 42.9 Å². The van der Waals surface area contributed by atoms with Gasteiger partial charge in [-0.1, -0.05) is 18.3 Å². The number of hydrogen-bond donors (Lipinski definition) is 2. The maximum atomic E-state index is 11.5. The van der Waals surface area contributed by atoms with E-state index < -0.39 is 0 Å². The summed E-state index contributed by atoms with van der Waals surface area (Å²) < 4.78 is 1.64. The van der Waals surface area contributed by atoms with Gasteiger partial charge in [0.1, 0.15) is 11.3 Å². The molecular formula is C14H14N6OS2. The number of anilines is 1. The monoisotopic (exact) mass is 346 g/mol. The summed E-state index contributed by atoms with van der Waals surface area (Å²) in [7, 11) is 0. The van der Waals surface area contributed by atoms with E-state index in [0.29, 0.717) is 11.5 Å². The molecule has 0 saturated heterocycles. The van der Waals surface area contributed by atoms with E-state index >= 15 is 0 Å². The molecule has 118 valence electrons. The molecule has 3 aromatic rings. The number of nitrogens with zero attached hydrogens (tertiary/aromatic N) is 4. The molecule has 7 nitrogen and oxygen atoms in total. The Kier molecular flexibility index (Phi) is 4.58. The molecule has 0 fully saturated rings. The molecule has 0 unspecified atom stereocenters. The maximum absolute atomic E-state index is 11.5. The molecule has 9 heteroatoms. The van der Waals surface area contributed by atoms with Gasteiger partial charge in [0, 0.05) is 17.7 Å². The first-order chi connectivity index (χ1) is 11.2. The van der Waals surface area contributed by atoms with Crippen LogP contribution in [0.2, 0.25) is 0 Å². The van der Waals surface area contributed by atoms with Crippen LogP contribution in [0, 0.1) is 0 Å². The van der Waals surface area contributed by atoms with Crippen molar-refractivity contribution in [2.24, 2.45) is 0 Å². The summed E-state index contributed by atoms with van der Waals surface area (Å²) in [5, 5.41) is 18.9. The Hall–Kier alpha value is -2.39. The van der Waals surface area contributed by atoms with Crippen LogP contribution in [0.15, 0.2) is 30.6 Å². The molecular weight excluding hydrogens is 332 g/mol. The van der Waals surface area contributed by atoms with Gasteiger partial charge in [0.05, 0.1) is 0 Å². The van der Waals surface area contributed by atoms with Crippen molar-refractivity contribution in [3.8, 4) is 10.6 Å². The van der Waals surface area contributed by atoms with Crippen LogP contribution in [-0.4, -0.2) is 30.8 Å². The number of hydrogen-bond acceptors (Lipinski definition) is 6. The first-order valence-electron chi connectivity index (χ1n) is 7.04. The minimum absolute atomic E-state index is 0.0821. The van der Waals surface area contributed by atoms with E-state index in [9.17, 15) is 4.79 Å². The topological polar surface area (TPSA) is 84.2 Å². The van der Waals surface area contributed by atoms with Crippen molar-refractivity contribution in [2.45, 2.75) is 19.8 Å². The molecule has 2 heterocycles. The van der Waals surface area contributed by atoms with Gasteiger partial charge in [-0.25, -0.2) is 0 Å². The third-order valence-electron chi connectivity index (χ3n) is 3.01. The Balaban J connectivity index is 1.66. The highest BCUT2D eigenvalue weighted by Gasteiger charge is 2.08. The minimum atomic E-state index is -0.0821. The van der Waals surface area contributed by atoms with Gasteiger partial charge in [-0.3, -0.25) is 4.79 Å². The zero-order valence-electron chi connectivity index (χ0n) is 12.3. The molecule has 2 aromatic heterocycles. The summed E-state index contributed by atoms with van der Waals surface area (Å²) in [6.45, 7) is 1.95. The summed E-state index contributed by atoms with van der Waals surface area (Å²) in [5.41, 5.74) is 1.78. The minimum Gasteiger partial charge on any atom is -0.332 e. The second-order valence-electron chi connectivity index (χ2n) is 4.79. The Morgan fingerprint density at radius 2 is 2.13 bits per heavy atom. The van der Waals surface area contributed by atoms with Crippen LogP contribution in [0.4, 0.5) is 5.69 Å². The molecule has 0 spiro atoms. The van der Waals surface area contributed by atoms with E-state index in [0.717, 1.165) is 27.6 Å². The van der Waals surface area contributed by atoms with Crippen molar-refractivity contribution in [3.05, 3.63) is 30.6 Å². The van der Waals surface area contributed by atoms with Crippen LogP contribution in [-0.2, 0) is 4.79 Å². The highest BCUT2D eigenvalue weighted by atomic mass is 32.1. The molecule has 3 rings (SSSR count). The number of carbonyl (C=O) groups is 1. The average molecular weight is 346 g/mol. The molecule has 0 aliphatic rings. The van der Waals surface area contributed by atoms with Crippen molar-refractivity contribution in [1.82, 2.24) is 25.1 Å². The van der Waals surface area contributed by atoms with Crippen molar-refractivity contribution < 1.29 is 4.79 Å². The summed E-state index contributed by atoms with van der Waals surface area (Å²) in [6, 6.07) is 7.64. The number of thiocarbonyl (C=S) groups is 1. The number of amides is 1. The average Bonchev–Trinajstić information content (AvgIpc) is 3.09. The van der Waals surface area contributed by atoms with Crippen LogP contribution in [0.3, 0.4) is 0 Å². The van der Waals surface area contributed by atoms with Gasteiger partial charge >= 0.3 is 0 Å². The Morgan fingerprint density at radius 1 is 1.35 bits per heavy atom. The van der Waals surface area contributed by atoms with Crippen LogP contribution < -0.4 is 10.6 Å². The molecule has 0 aliphatic carbocycles. The summed E-state index contributed by atoms with van der Waals surface area (Å²) in [6.07, 6.45) is 2.82. The second-order valence-corrected chi connectivity index (χ2v) is 6.16. The fourth-order valence-electron chi connectivity index (χ4n) is 1.95. The van der Waals surface area contributed by atoms with E-state index in [1.54, 1.807) is 10.8 Å². The number of carbonyl (C=O) groups excluding carboxylic acids is 1. The second kappa shape index (κ2) is 6.80. The number of benzene rings is 1. The van der Waals surface area contributed by atoms with Crippen molar-refractivity contribution >= 4 is 45.2 Å². The highest BCUT2D eigenvalue weighted by molar-refractivity contribution is 7.80. The molecule has 23 heavy (non-hydrogen) atoms. The van der Waals surface area contributed by atoms with Crippen LogP contribution >= 0.6 is 23.6 Å². The van der Waals surface area contributed by atoms with Crippen molar-refractivity contribution in [2.75, 3.05) is 5.32 Å². The summed E-state index contributed by atoms with van der Waals surface area (Å²) in [4.78, 5) is 12.2. The van der Waals surface area contributed by atoms with Gasteiger partial charge in [0.25, 0.3) is 0 Å². The molecule has 0 aliphatic heterocycles. The van der Waals surface area contributed by atoms with Gasteiger partial charge in [0.15, 0.2) is 5.11 Å². The highest BCUT2D eigenvalue weighted by Crippen LogP contribution is 2.25. The molecule has 1 aromatic carbocycles. The molecule has 2 N–H and O–H groups in total. The standard InChI is InChI=1S/C14H14N6OS2/c1-2-3-11(21)17-13(22)16-10-6-4-9(5-7-10)12-19-20-8-15-18-14(20)23-12/h4-8H,2-3H2,1H3,(H2,16,17,21,22). The van der Waals surface area contributed by atoms with Crippen LogP contribution in [0.25, 0.3) is 15.5 Å². The zero-order valence-corrected chi connectivity index (χ0v) is 13.9. The largest absolute Gasteiger partial charge is 0.332 e. The normalized spacial score (nSPS) is 10.7. The Bertz CT molecular complexity index is 810. The number of nitrogens with one attached hydrogen (secondary N) is 2. The smallest absolute Gasteiger partial charge is 0.234 e. The van der Waals surface area contributed by atoms with E-state index in [1.165, 1.54) is 11.3 Å². The van der Waals surface area contributed by atoms with E-state index in [4.69, 9.17) is 12.2 Å². The van der Waals surface area contributed by atoms with Gasteiger partial charge in [0.2, 0.25) is 10.9 Å². The first-order valence-corrected chi connectivity index (χ1v) is 8.26. The Labute approximate surface area is 141 Å². The molecule has 0 atom stereocenters. The number of rotatable bonds is 4. The fourth-order valence-corrected chi connectivity index (χ4v) is 3.01. The Morgan fingerprint density at radius 3 is 2.83 bits per heavy atom. The third-order valence-corrected chi connectivity index (χ3v) is 4.17. The van der Waals surface area contributed by atoms with Crippen LogP contribution in [0.5, 0.6) is 0 Å². The predicted molar refractivity (Wildman–Crippen MR) is 93.4 cm³/mol. The lowest BCUT2D eigenvalue weighted by Gasteiger charge is -2.09. The van der Waals surface area contributed by atoms with E-state index in [-0.39, 0.29) is 5.91 Å². The van der Waals surface area contributed by atoms with E-state index in [1.807, 2.05) is 31.2 Å². The maximum Gasteiger partial charge on any atom is 0.234 e. The lowest BCUT2D eigenvalue weighted by atomic mass is 10.2. The van der Waals surface area contributed by atoms with Gasteiger partial charge < -0.3 is 10.6 Å². The quantitative estimate of drug-likeness (QED) is 0.706. The summed E-state index contributed by atoms with van der Waals surface area (Å²) >= 11 is 6.58. The molecule has 0 saturated carbocycles. The van der Waals surface area contributed by atoms with Gasteiger partial charge in [-0.15, -0.1) is 10.2 Å². The van der Waals surface area contributed by atoms with Crippen molar-refractivity contribution in [1.29, 1.82) is 0 Å². The third kappa shape index (κ3) is 3.69. The lowest BCUT2D eigenvalue weighted by Crippen LogP contribution is -2.33. The molecule has 1 amide bonds. The fraction of sp³-hybridized carbons (Fsp3) is 0.214. The SMILES string of the molecule is CCCC(=O)NC(=S)Nc1ccc(-c2nn3cnnc3s2)cc1. The number of fused-ring (bicyclic) bond motifs is 1. The summed E-state index contributed by atoms with van der Waals surface area (Å²) in [5.74, 6) is -0.0821. The molecule has 0 bridgehead atoms. The van der Waals surface area contributed by atoms with Crippen molar-refractivity contribution in [3.63, 3.8) is 0 Å². The predicted octanol–water partition coefficient (Wildman–Crippen LogP) is 2.47. The molecule has 0 radical (unpaired) electrons. The van der Waals surface area contributed by atoms with E-state index in [2.05, 4.69) is 25.9 Å². The van der Waals surface area contributed by atoms with Gasteiger partial charge in [-0.2, -0.15) is 9.61 Å². The zero-order chi connectivity index (χ0) is 16.2. The first kappa shape index (κ1) is 15.5. The lowest BCUT2D eigenvalue weighted by molar-refractivity contribution is -0.119. The number of aromatic nitrogens is 4. The van der Waals surface area contributed by atoms with Crippen LogP contribution in [0.1, 0.15) is 19.8 Å².